The van der Waals surface area contributed by atoms with Crippen LogP contribution in [-0.2, 0) is 4.43 Å². The minimum atomic E-state index is -1.46. The molecule has 1 saturated carbocycles. The predicted molar refractivity (Wildman–Crippen MR) is 81.3 cm³/mol. The molecule has 0 N–H and O–H groups in total. The topological polar surface area (TPSA) is 9.23 Å². The number of fused-ring (bicyclic) bond motifs is 1. The van der Waals surface area contributed by atoms with E-state index < -0.39 is 8.32 Å². The van der Waals surface area contributed by atoms with Gasteiger partial charge >= 0.3 is 0 Å². The Morgan fingerprint density at radius 2 is 1.61 bits per heavy atom. The Kier molecular flexibility index (Phi) is 3.81. The Hall–Kier alpha value is -0.0831. The van der Waals surface area contributed by atoms with Crippen LogP contribution in [0.5, 0.6) is 0 Å². The Labute approximate surface area is 114 Å². The summed E-state index contributed by atoms with van der Waals surface area (Å²) in [4.78, 5) is 0. The van der Waals surface area contributed by atoms with Crippen LogP contribution < -0.4 is 0 Å². The molecule has 0 aromatic heterocycles. The van der Waals surface area contributed by atoms with Crippen LogP contribution in [0.1, 0.15) is 53.9 Å². The summed E-state index contributed by atoms with van der Waals surface area (Å²) in [7, 11) is -1.46. The lowest BCUT2D eigenvalue weighted by molar-refractivity contribution is 0.0879. The molecule has 0 spiro atoms. The Balaban J connectivity index is 2.21. The molecule has 0 bridgehead atoms. The van der Waals surface area contributed by atoms with Crippen molar-refractivity contribution in [1.82, 2.24) is 0 Å². The lowest BCUT2D eigenvalue weighted by Gasteiger charge is -2.39. The first-order chi connectivity index (χ1) is 8.50. The van der Waals surface area contributed by atoms with E-state index in [1.54, 1.807) is 0 Å². The van der Waals surface area contributed by atoms with E-state index in [0.29, 0.717) is 5.41 Å². The third-order valence-electron chi connectivity index (χ3n) is 5.93. The normalized spacial score (nSPS) is 34.8. The molecule has 0 radical (unpaired) electrons. The molecule has 0 aliphatic heterocycles. The van der Waals surface area contributed by atoms with Crippen molar-refractivity contribution in [2.45, 2.75) is 77.6 Å². The van der Waals surface area contributed by atoms with Gasteiger partial charge in [0.25, 0.3) is 0 Å². The molecule has 2 heteroatoms. The molecule has 2 aliphatic rings. The van der Waals surface area contributed by atoms with E-state index in [2.05, 4.69) is 46.8 Å². The number of hydrogen-bond acceptors (Lipinski definition) is 1. The van der Waals surface area contributed by atoms with Crippen molar-refractivity contribution in [3.63, 3.8) is 0 Å². The molecule has 2 aliphatic carbocycles. The highest BCUT2D eigenvalue weighted by molar-refractivity contribution is 6.73. The second-order valence-electron chi connectivity index (χ2n) is 6.71. The average Bonchev–Trinajstić information content (AvgIpc) is 3.06. The van der Waals surface area contributed by atoms with Crippen molar-refractivity contribution >= 4 is 8.32 Å². The highest BCUT2D eigenvalue weighted by Gasteiger charge is 2.70. The van der Waals surface area contributed by atoms with Gasteiger partial charge in [0, 0.05) is 5.41 Å². The van der Waals surface area contributed by atoms with Crippen molar-refractivity contribution in [3.8, 4) is 0 Å². The molecule has 0 aromatic carbocycles. The van der Waals surface area contributed by atoms with E-state index in [9.17, 15) is 0 Å². The van der Waals surface area contributed by atoms with E-state index in [1.165, 1.54) is 37.4 Å². The minimum Gasteiger partial charge on any atom is -0.410 e. The van der Waals surface area contributed by atoms with Gasteiger partial charge in [-0.1, -0.05) is 46.8 Å². The first-order valence-corrected chi connectivity index (χ1v) is 10.4. The van der Waals surface area contributed by atoms with E-state index >= 15 is 0 Å². The standard InChI is InChI=1S/C16H30OSi/c1-6-18(7-2,8-3)17-16-12-10-9-11-15(16,13-16)14(4)5/h9-10,14H,6-8,11-13H2,1-5H3. The van der Waals surface area contributed by atoms with Gasteiger partial charge in [0.2, 0.25) is 0 Å². The zero-order valence-corrected chi connectivity index (χ0v) is 13.9. The van der Waals surface area contributed by atoms with Crippen LogP contribution in [0.2, 0.25) is 18.1 Å². The fourth-order valence-corrected chi connectivity index (χ4v) is 7.21. The Morgan fingerprint density at radius 3 is 2.11 bits per heavy atom. The van der Waals surface area contributed by atoms with Crippen molar-refractivity contribution in [1.29, 1.82) is 0 Å². The van der Waals surface area contributed by atoms with Gasteiger partial charge in [-0.2, -0.15) is 0 Å². The highest BCUT2D eigenvalue weighted by atomic mass is 28.4. The van der Waals surface area contributed by atoms with Gasteiger partial charge < -0.3 is 4.43 Å². The minimum absolute atomic E-state index is 0.226. The molecule has 0 amide bonds. The van der Waals surface area contributed by atoms with E-state index in [-0.39, 0.29) is 5.60 Å². The molecule has 18 heavy (non-hydrogen) atoms. The molecular formula is C16H30OSi. The lowest BCUT2D eigenvalue weighted by Crippen LogP contribution is -2.44. The molecule has 1 nitrogen and oxygen atoms in total. The Morgan fingerprint density at radius 1 is 1.06 bits per heavy atom. The number of hydrogen-bond donors (Lipinski definition) is 0. The summed E-state index contributed by atoms with van der Waals surface area (Å²) in [6.07, 6.45) is 8.47. The maximum atomic E-state index is 6.94. The van der Waals surface area contributed by atoms with Crippen molar-refractivity contribution in [2.24, 2.45) is 11.3 Å². The molecule has 104 valence electrons. The molecule has 2 atom stereocenters. The fraction of sp³-hybridized carbons (Fsp3) is 0.875. The fourth-order valence-electron chi connectivity index (χ4n) is 4.09. The summed E-state index contributed by atoms with van der Waals surface area (Å²) in [6.45, 7) is 11.8. The second kappa shape index (κ2) is 4.79. The maximum absolute atomic E-state index is 6.94. The highest BCUT2D eigenvalue weighted by Crippen LogP contribution is 2.69. The van der Waals surface area contributed by atoms with Gasteiger partial charge in [0.1, 0.15) is 0 Å². The van der Waals surface area contributed by atoms with Gasteiger partial charge in [0.15, 0.2) is 8.32 Å². The van der Waals surface area contributed by atoms with Crippen molar-refractivity contribution in [2.75, 3.05) is 0 Å². The van der Waals surface area contributed by atoms with E-state index in [4.69, 9.17) is 4.43 Å². The summed E-state index contributed by atoms with van der Waals surface area (Å²) in [5, 5.41) is 0. The molecule has 2 rings (SSSR count). The maximum Gasteiger partial charge on any atom is 0.192 e. The molecule has 0 saturated heterocycles. The van der Waals surface area contributed by atoms with E-state index in [1.807, 2.05) is 0 Å². The summed E-state index contributed by atoms with van der Waals surface area (Å²) < 4.78 is 6.94. The average molecular weight is 267 g/mol. The Bertz CT molecular complexity index is 324. The van der Waals surface area contributed by atoms with Crippen molar-refractivity contribution < 1.29 is 4.43 Å². The van der Waals surface area contributed by atoms with Crippen LogP contribution in [0.15, 0.2) is 12.2 Å². The third kappa shape index (κ3) is 1.92. The van der Waals surface area contributed by atoms with Gasteiger partial charge in [0.05, 0.1) is 5.60 Å². The largest absolute Gasteiger partial charge is 0.410 e. The summed E-state index contributed by atoms with van der Waals surface area (Å²) in [6, 6.07) is 3.83. The molecule has 0 aromatic rings. The third-order valence-corrected chi connectivity index (χ3v) is 10.6. The molecule has 0 heterocycles. The smallest absolute Gasteiger partial charge is 0.192 e. The first kappa shape index (κ1) is 14.3. The van der Waals surface area contributed by atoms with E-state index in [0.717, 1.165) is 5.92 Å². The van der Waals surface area contributed by atoms with Crippen LogP contribution in [0.25, 0.3) is 0 Å². The van der Waals surface area contributed by atoms with Crippen LogP contribution in [0.3, 0.4) is 0 Å². The molecular weight excluding hydrogens is 236 g/mol. The number of rotatable bonds is 6. The molecule has 1 fully saturated rings. The SMILES string of the molecule is CC[Si](CC)(CC)OC12CC=CCC1(C(C)C)C2. The van der Waals surface area contributed by atoms with Crippen LogP contribution in [0.4, 0.5) is 0 Å². The van der Waals surface area contributed by atoms with Crippen LogP contribution >= 0.6 is 0 Å². The monoisotopic (exact) mass is 266 g/mol. The summed E-state index contributed by atoms with van der Waals surface area (Å²) >= 11 is 0. The van der Waals surface area contributed by atoms with Gasteiger partial charge in [-0.15, -0.1) is 0 Å². The quantitative estimate of drug-likeness (QED) is 0.477. The predicted octanol–water partition coefficient (Wildman–Crippen LogP) is 5.14. The summed E-state index contributed by atoms with van der Waals surface area (Å²) in [5.74, 6) is 0.750. The van der Waals surface area contributed by atoms with Crippen LogP contribution in [-0.4, -0.2) is 13.9 Å². The zero-order valence-electron chi connectivity index (χ0n) is 12.9. The molecule has 2 unspecified atom stereocenters. The first-order valence-electron chi connectivity index (χ1n) is 7.85. The van der Waals surface area contributed by atoms with Crippen LogP contribution in [0, 0.1) is 11.3 Å². The van der Waals surface area contributed by atoms with Gasteiger partial charge in [-0.25, -0.2) is 0 Å². The van der Waals surface area contributed by atoms with Gasteiger partial charge in [-0.3, -0.25) is 0 Å². The van der Waals surface area contributed by atoms with Crippen molar-refractivity contribution in [3.05, 3.63) is 12.2 Å². The number of allylic oxidation sites excluding steroid dienone is 1. The lowest BCUT2D eigenvalue weighted by atomic mass is 9.81. The summed E-state index contributed by atoms with van der Waals surface area (Å²) in [5.41, 5.74) is 0.698. The second-order valence-corrected chi connectivity index (χ2v) is 11.4. The van der Waals surface area contributed by atoms with Gasteiger partial charge in [-0.05, 0) is 43.3 Å². The zero-order chi connectivity index (χ0) is 13.4.